The molecular weight excluding hydrogens is 295 g/mol. The van der Waals surface area contributed by atoms with Crippen LogP contribution in [-0.2, 0) is 11.3 Å². The Hall–Kier alpha value is -0.770. The van der Waals surface area contributed by atoms with Gasteiger partial charge in [-0.05, 0) is 37.9 Å². The van der Waals surface area contributed by atoms with Gasteiger partial charge in [-0.3, -0.25) is 4.79 Å². The smallest absolute Gasteiger partial charge is 0.239 e. The van der Waals surface area contributed by atoms with E-state index in [4.69, 9.17) is 11.6 Å². The summed E-state index contributed by atoms with van der Waals surface area (Å²) in [7, 11) is 0. The van der Waals surface area contributed by atoms with E-state index in [1.807, 2.05) is 36.1 Å². The molecule has 0 aromatic heterocycles. The van der Waals surface area contributed by atoms with Crippen LogP contribution < -0.4 is 5.32 Å². The van der Waals surface area contributed by atoms with Gasteiger partial charge in [-0.15, -0.1) is 12.4 Å². The standard InChI is InChI=1S/C15H21ClN2O.ClH/c1-2-18(11-12-7-3-4-8-13(12)16)15(19)14-9-5-6-10-17-14;/h3-4,7-8,14,17H,2,5-6,9-11H2,1H3;1H/t14-;/m1./s1. The zero-order valence-electron chi connectivity index (χ0n) is 11.8. The zero-order valence-corrected chi connectivity index (χ0v) is 13.3. The van der Waals surface area contributed by atoms with Crippen LogP contribution in [0.5, 0.6) is 0 Å². The third kappa shape index (κ3) is 4.37. The maximum atomic E-state index is 12.5. The lowest BCUT2D eigenvalue weighted by atomic mass is 10.0. The summed E-state index contributed by atoms with van der Waals surface area (Å²) in [6.45, 7) is 4.26. The van der Waals surface area contributed by atoms with Crippen molar-refractivity contribution in [3.63, 3.8) is 0 Å². The Morgan fingerprint density at radius 2 is 2.15 bits per heavy atom. The summed E-state index contributed by atoms with van der Waals surface area (Å²) < 4.78 is 0. The molecule has 0 unspecified atom stereocenters. The second kappa shape index (κ2) is 8.50. The number of nitrogens with zero attached hydrogens (tertiary/aromatic N) is 1. The number of carbonyl (C=O) groups excluding carboxylic acids is 1. The van der Waals surface area contributed by atoms with Crippen LogP contribution >= 0.6 is 24.0 Å². The van der Waals surface area contributed by atoms with Crippen molar-refractivity contribution in [2.75, 3.05) is 13.1 Å². The maximum absolute atomic E-state index is 12.5. The van der Waals surface area contributed by atoms with Crippen molar-refractivity contribution in [3.8, 4) is 0 Å². The van der Waals surface area contributed by atoms with Crippen molar-refractivity contribution in [2.45, 2.75) is 38.8 Å². The Labute approximate surface area is 132 Å². The van der Waals surface area contributed by atoms with Gasteiger partial charge in [-0.1, -0.05) is 36.2 Å². The molecule has 1 N–H and O–H groups in total. The minimum Gasteiger partial charge on any atom is -0.337 e. The molecule has 1 amide bonds. The lowest BCUT2D eigenvalue weighted by Gasteiger charge is -2.29. The third-order valence-electron chi connectivity index (χ3n) is 3.62. The minimum absolute atomic E-state index is 0. The van der Waals surface area contributed by atoms with E-state index in [0.29, 0.717) is 13.1 Å². The fourth-order valence-corrected chi connectivity index (χ4v) is 2.66. The van der Waals surface area contributed by atoms with Crippen LogP contribution in [0.15, 0.2) is 24.3 Å². The molecular formula is C15H22Cl2N2O. The average Bonchev–Trinajstić information content (AvgIpc) is 2.47. The molecule has 1 aliphatic heterocycles. The van der Waals surface area contributed by atoms with Gasteiger partial charge in [0.2, 0.25) is 5.91 Å². The van der Waals surface area contributed by atoms with E-state index >= 15 is 0 Å². The van der Waals surface area contributed by atoms with Gasteiger partial charge in [0.1, 0.15) is 0 Å². The van der Waals surface area contributed by atoms with E-state index in [0.717, 1.165) is 30.0 Å². The highest BCUT2D eigenvalue weighted by molar-refractivity contribution is 6.31. The highest BCUT2D eigenvalue weighted by Crippen LogP contribution is 2.18. The molecule has 0 saturated carbocycles. The summed E-state index contributed by atoms with van der Waals surface area (Å²) in [6.07, 6.45) is 3.24. The fourth-order valence-electron chi connectivity index (χ4n) is 2.46. The van der Waals surface area contributed by atoms with E-state index in [9.17, 15) is 4.79 Å². The summed E-state index contributed by atoms with van der Waals surface area (Å²) in [5.41, 5.74) is 1.01. The van der Waals surface area contributed by atoms with Crippen molar-refractivity contribution in [1.82, 2.24) is 10.2 Å². The Kier molecular flexibility index (Phi) is 7.35. The van der Waals surface area contributed by atoms with E-state index in [1.165, 1.54) is 6.42 Å². The number of nitrogens with one attached hydrogen (secondary N) is 1. The average molecular weight is 317 g/mol. The molecule has 0 spiro atoms. The van der Waals surface area contributed by atoms with Gasteiger partial charge in [0, 0.05) is 18.1 Å². The second-order valence-electron chi connectivity index (χ2n) is 4.95. The Morgan fingerprint density at radius 3 is 2.75 bits per heavy atom. The topological polar surface area (TPSA) is 32.3 Å². The van der Waals surface area contributed by atoms with Crippen LogP contribution in [0.2, 0.25) is 5.02 Å². The molecule has 1 saturated heterocycles. The Balaban J connectivity index is 0.00000200. The molecule has 1 aromatic carbocycles. The molecule has 0 bridgehead atoms. The normalized spacial score (nSPS) is 18.2. The van der Waals surface area contributed by atoms with Gasteiger partial charge in [0.25, 0.3) is 0 Å². The summed E-state index contributed by atoms with van der Waals surface area (Å²) in [4.78, 5) is 14.3. The first-order valence-corrected chi connectivity index (χ1v) is 7.35. The maximum Gasteiger partial charge on any atom is 0.239 e. The number of piperidine rings is 1. The number of rotatable bonds is 4. The molecule has 1 aliphatic rings. The van der Waals surface area contributed by atoms with Crippen molar-refractivity contribution < 1.29 is 4.79 Å². The first-order valence-electron chi connectivity index (χ1n) is 6.98. The molecule has 3 nitrogen and oxygen atoms in total. The van der Waals surface area contributed by atoms with Crippen molar-refractivity contribution >= 4 is 29.9 Å². The molecule has 0 aliphatic carbocycles. The van der Waals surface area contributed by atoms with Crippen molar-refractivity contribution in [3.05, 3.63) is 34.9 Å². The van der Waals surface area contributed by atoms with Crippen LogP contribution in [0, 0.1) is 0 Å². The first-order chi connectivity index (χ1) is 9.22. The fraction of sp³-hybridized carbons (Fsp3) is 0.533. The number of benzene rings is 1. The van der Waals surface area contributed by atoms with Gasteiger partial charge in [0.05, 0.1) is 6.04 Å². The van der Waals surface area contributed by atoms with Gasteiger partial charge in [-0.25, -0.2) is 0 Å². The van der Waals surface area contributed by atoms with E-state index in [1.54, 1.807) is 0 Å². The summed E-state index contributed by atoms with van der Waals surface area (Å²) in [5, 5.41) is 4.04. The molecule has 1 fully saturated rings. The third-order valence-corrected chi connectivity index (χ3v) is 3.99. The summed E-state index contributed by atoms with van der Waals surface area (Å²) >= 11 is 6.16. The summed E-state index contributed by atoms with van der Waals surface area (Å²) in [5.74, 6) is 0.196. The van der Waals surface area contributed by atoms with Gasteiger partial charge < -0.3 is 10.2 Å². The largest absolute Gasteiger partial charge is 0.337 e. The van der Waals surface area contributed by atoms with Crippen LogP contribution in [0.25, 0.3) is 0 Å². The number of hydrogen-bond acceptors (Lipinski definition) is 2. The molecule has 2 rings (SSSR count). The van der Waals surface area contributed by atoms with E-state index in [-0.39, 0.29) is 24.4 Å². The molecule has 5 heteroatoms. The first kappa shape index (κ1) is 17.3. The van der Waals surface area contributed by atoms with E-state index < -0.39 is 0 Å². The SMILES string of the molecule is CCN(Cc1ccccc1Cl)C(=O)[C@H]1CCCCN1.Cl. The van der Waals surface area contributed by atoms with Crippen LogP contribution in [0.4, 0.5) is 0 Å². The van der Waals surface area contributed by atoms with Gasteiger partial charge >= 0.3 is 0 Å². The predicted molar refractivity (Wildman–Crippen MR) is 85.4 cm³/mol. The minimum atomic E-state index is -0.0174. The predicted octanol–water partition coefficient (Wildman–Crippen LogP) is 3.25. The molecule has 20 heavy (non-hydrogen) atoms. The van der Waals surface area contributed by atoms with Gasteiger partial charge in [-0.2, -0.15) is 0 Å². The molecule has 1 aromatic rings. The second-order valence-corrected chi connectivity index (χ2v) is 5.35. The Morgan fingerprint density at radius 1 is 1.40 bits per heavy atom. The number of carbonyl (C=O) groups is 1. The lowest BCUT2D eigenvalue weighted by Crippen LogP contribution is -2.48. The lowest BCUT2D eigenvalue weighted by molar-refractivity contribution is -0.134. The number of amides is 1. The van der Waals surface area contributed by atoms with Crippen LogP contribution in [0.1, 0.15) is 31.7 Å². The molecule has 1 atom stereocenters. The van der Waals surface area contributed by atoms with Crippen LogP contribution in [0.3, 0.4) is 0 Å². The number of halogens is 2. The monoisotopic (exact) mass is 316 g/mol. The Bertz CT molecular complexity index is 434. The van der Waals surface area contributed by atoms with Gasteiger partial charge in [0.15, 0.2) is 0 Å². The van der Waals surface area contributed by atoms with Crippen molar-refractivity contribution in [2.24, 2.45) is 0 Å². The quantitative estimate of drug-likeness (QED) is 0.924. The van der Waals surface area contributed by atoms with E-state index in [2.05, 4.69) is 5.32 Å². The number of likely N-dealkylation sites (N-methyl/N-ethyl adjacent to an activating group) is 1. The van der Waals surface area contributed by atoms with Crippen molar-refractivity contribution in [1.29, 1.82) is 0 Å². The highest BCUT2D eigenvalue weighted by Gasteiger charge is 2.25. The zero-order chi connectivity index (χ0) is 13.7. The molecule has 112 valence electrons. The number of hydrogen-bond donors (Lipinski definition) is 1. The molecule has 0 radical (unpaired) electrons. The highest BCUT2D eigenvalue weighted by atomic mass is 35.5. The van der Waals surface area contributed by atoms with Crippen LogP contribution in [-0.4, -0.2) is 29.9 Å². The summed E-state index contributed by atoms with van der Waals surface area (Å²) in [6, 6.07) is 7.70. The molecule has 1 heterocycles.